The van der Waals surface area contributed by atoms with E-state index in [1.165, 1.54) is 12.4 Å². The van der Waals surface area contributed by atoms with Gasteiger partial charge in [0, 0.05) is 5.54 Å². The van der Waals surface area contributed by atoms with E-state index in [1.54, 1.807) is 0 Å². The molecule has 5 heteroatoms. The van der Waals surface area contributed by atoms with Crippen LogP contribution < -0.4 is 10.5 Å². The number of hydrogen-bond acceptors (Lipinski definition) is 4. The van der Waals surface area contributed by atoms with Crippen LogP contribution in [0, 0.1) is 0 Å². The molecule has 0 spiro atoms. The van der Waals surface area contributed by atoms with Gasteiger partial charge in [0.2, 0.25) is 5.88 Å². The summed E-state index contributed by atoms with van der Waals surface area (Å²) in [4.78, 5) is 7.85. The van der Waals surface area contributed by atoms with E-state index in [-0.39, 0.29) is 5.54 Å². The Balaban J connectivity index is 2.56. The predicted octanol–water partition coefficient (Wildman–Crippen LogP) is 2.03. The summed E-state index contributed by atoms with van der Waals surface area (Å²) in [6.07, 6.45) is 4.70. The maximum atomic E-state index is 6.08. The van der Waals surface area contributed by atoms with Gasteiger partial charge in [0.05, 0.1) is 12.4 Å². The smallest absolute Gasteiger partial charge is 0.233 e. The first-order valence-corrected chi connectivity index (χ1v) is 5.36. The third kappa shape index (κ3) is 3.64. The maximum absolute atomic E-state index is 6.08. The van der Waals surface area contributed by atoms with Crippen LogP contribution in [0.15, 0.2) is 12.4 Å². The minimum Gasteiger partial charge on any atom is -0.475 e. The third-order valence-electron chi connectivity index (χ3n) is 2.50. The first-order chi connectivity index (χ1) is 7.09. The summed E-state index contributed by atoms with van der Waals surface area (Å²) < 4.78 is 5.45. The molecule has 0 aromatic carbocycles. The van der Waals surface area contributed by atoms with Crippen molar-refractivity contribution in [1.82, 2.24) is 9.97 Å². The molecule has 84 valence electrons. The molecule has 1 aromatic rings. The van der Waals surface area contributed by atoms with Gasteiger partial charge in [0.25, 0.3) is 0 Å². The molecule has 0 fully saturated rings. The zero-order valence-corrected chi connectivity index (χ0v) is 9.79. The number of ether oxygens (including phenoxy) is 1. The Hall–Kier alpha value is -0.870. The Morgan fingerprint density at radius 1 is 1.40 bits per heavy atom. The summed E-state index contributed by atoms with van der Waals surface area (Å²) in [5.74, 6) is 0.416. The molecular weight excluding hydrogens is 214 g/mol. The molecule has 0 amide bonds. The van der Waals surface area contributed by atoms with E-state index < -0.39 is 0 Å². The Morgan fingerprint density at radius 3 is 2.60 bits per heavy atom. The fraction of sp³-hybridized carbons (Fsp3) is 0.600. The molecule has 0 aliphatic carbocycles. The molecule has 4 nitrogen and oxygen atoms in total. The molecule has 1 aromatic heterocycles. The van der Waals surface area contributed by atoms with Crippen LogP contribution in [-0.4, -0.2) is 22.1 Å². The second-order valence-corrected chi connectivity index (χ2v) is 3.93. The van der Waals surface area contributed by atoms with Crippen molar-refractivity contribution in [2.75, 3.05) is 6.61 Å². The highest BCUT2D eigenvalue weighted by atomic mass is 35.5. The highest BCUT2D eigenvalue weighted by Crippen LogP contribution is 2.15. The highest BCUT2D eigenvalue weighted by molar-refractivity contribution is 6.29. The predicted molar refractivity (Wildman–Crippen MR) is 60.0 cm³/mol. The molecular formula is C10H16ClN3O. The van der Waals surface area contributed by atoms with Crippen molar-refractivity contribution in [3.63, 3.8) is 0 Å². The topological polar surface area (TPSA) is 61.0 Å². The number of rotatable bonds is 5. The molecule has 0 radical (unpaired) electrons. The van der Waals surface area contributed by atoms with Crippen molar-refractivity contribution in [2.45, 2.75) is 32.2 Å². The van der Waals surface area contributed by atoms with Crippen LogP contribution in [0.25, 0.3) is 0 Å². The highest BCUT2D eigenvalue weighted by Gasteiger charge is 2.21. The van der Waals surface area contributed by atoms with E-state index in [9.17, 15) is 0 Å². The van der Waals surface area contributed by atoms with Crippen molar-refractivity contribution in [2.24, 2.45) is 5.73 Å². The molecule has 0 aliphatic rings. The van der Waals surface area contributed by atoms with Crippen LogP contribution in [0.3, 0.4) is 0 Å². The normalized spacial score (nSPS) is 11.5. The first-order valence-electron chi connectivity index (χ1n) is 4.99. The molecule has 2 N–H and O–H groups in total. The molecule has 15 heavy (non-hydrogen) atoms. The minimum atomic E-state index is -0.302. The van der Waals surface area contributed by atoms with Gasteiger partial charge in [-0.1, -0.05) is 25.4 Å². The average Bonchev–Trinajstić information content (AvgIpc) is 2.26. The van der Waals surface area contributed by atoms with E-state index in [0.717, 1.165) is 12.8 Å². The second kappa shape index (κ2) is 5.28. The van der Waals surface area contributed by atoms with Crippen LogP contribution in [-0.2, 0) is 0 Å². The Bertz CT molecular complexity index is 315. The molecule has 0 saturated carbocycles. The summed E-state index contributed by atoms with van der Waals surface area (Å²) in [6, 6.07) is 0. The van der Waals surface area contributed by atoms with Crippen molar-refractivity contribution < 1.29 is 4.74 Å². The van der Waals surface area contributed by atoms with Gasteiger partial charge in [-0.25, -0.2) is 0 Å². The van der Waals surface area contributed by atoms with Gasteiger partial charge < -0.3 is 10.5 Å². The number of halogens is 1. The fourth-order valence-electron chi connectivity index (χ4n) is 1.07. The molecule has 0 aliphatic heterocycles. The van der Waals surface area contributed by atoms with Gasteiger partial charge >= 0.3 is 0 Å². The maximum Gasteiger partial charge on any atom is 0.233 e. The largest absolute Gasteiger partial charge is 0.475 e. The van der Waals surface area contributed by atoms with E-state index in [0.29, 0.717) is 17.6 Å². The second-order valence-electron chi connectivity index (χ2n) is 3.54. The van der Waals surface area contributed by atoms with Gasteiger partial charge in [0.1, 0.15) is 6.61 Å². The lowest BCUT2D eigenvalue weighted by molar-refractivity contribution is 0.200. The van der Waals surface area contributed by atoms with Gasteiger partial charge in [-0.3, -0.25) is 4.98 Å². The molecule has 0 unspecified atom stereocenters. The zero-order valence-electron chi connectivity index (χ0n) is 9.03. The minimum absolute atomic E-state index is 0.302. The quantitative estimate of drug-likeness (QED) is 0.839. The van der Waals surface area contributed by atoms with Crippen LogP contribution in [0.5, 0.6) is 5.88 Å². The van der Waals surface area contributed by atoms with Crippen molar-refractivity contribution in [1.29, 1.82) is 0 Å². The summed E-state index contributed by atoms with van der Waals surface area (Å²) in [5.41, 5.74) is 5.77. The number of aromatic nitrogens is 2. The lowest BCUT2D eigenvalue weighted by atomic mass is 9.96. The van der Waals surface area contributed by atoms with Crippen LogP contribution in [0.4, 0.5) is 0 Å². The van der Waals surface area contributed by atoms with E-state index in [1.807, 2.05) is 13.8 Å². The number of hydrogen-bond donors (Lipinski definition) is 1. The standard InChI is InChI=1S/C10H16ClN3O/c1-3-10(12,4-2)7-15-9-6-13-5-8(11)14-9/h5-6H,3-4,7,12H2,1-2H3. The summed E-state index contributed by atoms with van der Waals surface area (Å²) in [7, 11) is 0. The molecule has 1 heterocycles. The molecule has 0 saturated heterocycles. The van der Waals surface area contributed by atoms with Gasteiger partial charge in [-0.2, -0.15) is 4.98 Å². The first kappa shape index (κ1) is 12.2. The SMILES string of the molecule is CCC(N)(CC)COc1cncc(Cl)n1. The van der Waals surface area contributed by atoms with Crippen LogP contribution in [0.2, 0.25) is 5.15 Å². The molecule has 1 rings (SSSR count). The monoisotopic (exact) mass is 229 g/mol. The summed E-state index contributed by atoms with van der Waals surface area (Å²) >= 11 is 5.68. The van der Waals surface area contributed by atoms with Gasteiger partial charge in [-0.15, -0.1) is 0 Å². The van der Waals surface area contributed by atoms with Crippen LogP contribution >= 0.6 is 11.6 Å². The average molecular weight is 230 g/mol. The Kier molecular flexibility index (Phi) is 4.29. The molecule has 0 atom stereocenters. The van der Waals surface area contributed by atoms with Gasteiger partial charge in [0.15, 0.2) is 5.15 Å². The van der Waals surface area contributed by atoms with Crippen molar-refractivity contribution >= 4 is 11.6 Å². The zero-order chi connectivity index (χ0) is 11.3. The van der Waals surface area contributed by atoms with Gasteiger partial charge in [-0.05, 0) is 12.8 Å². The Labute approximate surface area is 94.8 Å². The number of nitrogens with two attached hydrogens (primary N) is 1. The van der Waals surface area contributed by atoms with E-state index in [2.05, 4.69) is 9.97 Å². The van der Waals surface area contributed by atoms with Crippen LogP contribution in [0.1, 0.15) is 26.7 Å². The van der Waals surface area contributed by atoms with E-state index in [4.69, 9.17) is 22.1 Å². The fourth-order valence-corrected chi connectivity index (χ4v) is 1.21. The van der Waals surface area contributed by atoms with E-state index >= 15 is 0 Å². The summed E-state index contributed by atoms with van der Waals surface area (Å²) in [5, 5.41) is 0.322. The Morgan fingerprint density at radius 2 is 2.07 bits per heavy atom. The summed E-state index contributed by atoms with van der Waals surface area (Å²) in [6.45, 7) is 4.50. The van der Waals surface area contributed by atoms with Crippen molar-refractivity contribution in [3.05, 3.63) is 17.5 Å². The lowest BCUT2D eigenvalue weighted by Crippen LogP contribution is -2.44. The molecule has 0 bridgehead atoms. The third-order valence-corrected chi connectivity index (χ3v) is 2.68. The number of nitrogens with zero attached hydrogens (tertiary/aromatic N) is 2. The van der Waals surface area contributed by atoms with Crippen molar-refractivity contribution in [3.8, 4) is 5.88 Å². The lowest BCUT2D eigenvalue weighted by Gasteiger charge is -2.25.